The lowest BCUT2D eigenvalue weighted by molar-refractivity contribution is -0.147. The predicted octanol–water partition coefficient (Wildman–Crippen LogP) is 9.92. The van der Waals surface area contributed by atoms with Gasteiger partial charge in [0.05, 0.1) is 11.5 Å². The summed E-state index contributed by atoms with van der Waals surface area (Å²) >= 11 is 0. The molecule has 0 spiro atoms. The fourth-order valence-corrected chi connectivity index (χ4v) is 6.21. The molecule has 216 valence electrons. The van der Waals surface area contributed by atoms with Gasteiger partial charge in [-0.1, -0.05) is 120 Å². The standard InChI is InChI=1S/C35H51FO3/c1-3-5-7-8-9-13-26-39-32(18-6-4-2)19-14-17-30-24-25-35(34(37)38,27-33(30)36)31-22-20-29(21-23-31)28-15-11-10-12-16-28/h10-12,15-16,20-23,30,32-33H,3-9,13-14,17-19,24-27H2,1-2H3,(H,37,38)/t30-,32?,33?,35-/m1/s1. The molecule has 1 fully saturated rings. The van der Waals surface area contributed by atoms with Crippen LogP contribution >= 0.6 is 0 Å². The zero-order valence-electron chi connectivity index (χ0n) is 24.4. The van der Waals surface area contributed by atoms with Crippen LogP contribution in [-0.4, -0.2) is 30.0 Å². The summed E-state index contributed by atoms with van der Waals surface area (Å²) < 4.78 is 21.8. The number of unbranched alkanes of at least 4 members (excludes halogenated alkanes) is 6. The second kappa shape index (κ2) is 16.8. The number of carboxylic acids is 1. The highest BCUT2D eigenvalue weighted by molar-refractivity contribution is 5.82. The van der Waals surface area contributed by atoms with Gasteiger partial charge in [-0.15, -0.1) is 0 Å². The van der Waals surface area contributed by atoms with Crippen LogP contribution in [0.2, 0.25) is 0 Å². The van der Waals surface area contributed by atoms with Crippen LogP contribution in [0.3, 0.4) is 0 Å². The average Bonchev–Trinajstić information content (AvgIpc) is 2.96. The molecule has 0 bridgehead atoms. The van der Waals surface area contributed by atoms with Crippen molar-refractivity contribution in [2.24, 2.45) is 5.92 Å². The molecule has 1 saturated carbocycles. The van der Waals surface area contributed by atoms with Crippen LogP contribution in [0.15, 0.2) is 54.6 Å². The monoisotopic (exact) mass is 538 g/mol. The molecule has 2 unspecified atom stereocenters. The van der Waals surface area contributed by atoms with Gasteiger partial charge in [-0.3, -0.25) is 4.79 Å². The van der Waals surface area contributed by atoms with E-state index in [1.807, 2.05) is 54.6 Å². The van der Waals surface area contributed by atoms with Crippen molar-refractivity contribution in [3.63, 3.8) is 0 Å². The Kier molecular flexibility index (Phi) is 13.5. The van der Waals surface area contributed by atoms with E-state index in [1.54, 1.807) is 0 Å². The predicted molar refractivity (Wildman–Crippen MR) is 160 cm³/mol. The van der Waals surface area contributed by atoms with E-state index in [-0.39, 0.29) is 18.4 Å². The van der Waals surface area contributed by atoms with Crippen molar-refractivity contribution in [3.8, 4) is 11.1 Å². The van der Waals surface area contributed by atoms with Gasteiger partial charge in [0, 0.05) is 6.61 Å². The Balaban J connectivity index is 1.50. The normalized spacial score (nSPS) is 22.0. The molecule has 1 N–H and O–H groups in total. The Morgan fingerprint density at radius 1 is 0.897 bits per heavy atom. The van der Waals surface area contributed by atoms with E-state index >= 15 is 4.39 Å². The first-order chi connectivity index (χ1) is 19.0. The van der Waals surface area contributed by atoms with E-state index in [1.165, 1.54) is 38.5 Å². The summed E-state index contributed by atoms with van der Waals surface area (Å²) in [6.45, 7) is 5.29. The molecule has 2 aromatic rings. The molecule has 0 aliphatic heterocycles. The summed E-state index contributed by atoms with van der Waals surface area (Å²) in [4.78, 5) is 12.5. The van der Waals surface area contributed by atoms with Gasteiger partial charge in [0.1, 0.15) is 6.17 Å². The van der Waals surface area contributed by atoms with E-state index in [0.717, 1.165) is 61.8 Å². The van der Waals surface area contributed by atoms with E-state index in [4.69, 9.17) is 4.74 Å². The second-order valence-corrected chi connectivity index (χ2v) is 11.7. The van der Waals surface area contributed by atoms with Crippen LogP contribution in [0.4, 0.5) is 4.39 Å². The maximum absolute atomic E-state index is 15.5. The largest absolute Gasteiger partial charge is 0.481 e. The van der Waals surface area contributed by atoms with Crippen molar-refractivity contribution in [2.45, 2.75) is 128 Å². The van der Waals surface area contributed by atoms with Gasteiger partial charge in [0.15, 0.2) is 0 Å². The molecule has 3 nitrogen and oxygen atoms in total. The number of alkyl halides is 1. The van der Waals surface area contributed by atoms with Crippen molar-refractivity contribution in [1.82, 2.24) is 0 Å². The summed E-state index contributed by atoms with van der Waals surface area (Å²) in [5, 5.41) is 10.2. The van der Waals surface area contributed by atoms with Gasteiger partial charge in [0.2, 0.25) is 0 Å². The number of hydrogen-bond donors (Lipinski definition) is 1. The lowest BCUT2D eigenvalue weighted by Gasteiger charge is -2.39. The molecule has 3 rings (SSSR count). The molecule has 1 aliphatic rings. The lowest BCUT2D eigenvalue weighted by atomic mass is 9.65. The summed E-state index contributed by atoms with van der Waals surface area (Å²) in [5.74, 6) is -0.967. The second-order valence-electron chi connectivity index (χ2n) is 11.7. The molecule has 4 atom stereocenters. The SMILES string of the molecule is CCCCCCCCOC(CCCC)CCC[C@@H]1CC[C@](C(=O)O)(c2ccc(-c3ccccc3)cc2)CC1F. The molecule has 0 amide bonds. The number of benzene rings is 2. The van der Waals surface area contributed by atoms with Gasteiger partial charge >= 0.3 is 5.97 Å². The molecular formula is C35H51FO3. The molecule has 0 heterocycles. The molecule has 2 aromatic carbocycles. The maximum Gasteiger partial charge on any atom is 0.314 e. The van der Waals surface area contributed by atoms with Crippen molar-refractivity contribution in [1.29, 1.82) is 0 Å². The summed E-state index contributed by atoms with van der Waals surface area (Å²) in [6.07, 6.45) is 14.1. The smallest absolute Gasteiger partial charge is 0.314 e. The minimum Gasteiger partial charge on any atom is -0.481 e. The van der Waals surface area contributed by atoms with Crippen molar-refractivity contribution < 1.29 is 19.0 Å². The Morgan fingerprint density at radius 2 is 1.54 bits per heavy atom. The zero-order valence-corrected chi connectivity index (χ0v) is 24.4. The molecule has 39 heavy (non-hydrogen) atoms. The van der Waals surface area contributed by atoms with Gasteiger partial charge in [0.25, 0.3) is 0 Å². The minimum atomic E-state index is -1.14. The Labute approximate surface area is 236 Å². The molecule has 0 saturated heterocycles. The third kappa shape index (κ3) is 9.45. The van der Waals surface area contributed by atoms with Gasteiger partial charge in [-0.2, -0.15) is 0 Å². The van der Waals surface area contributed by atoms with Gasteiger partial charge < -0.3 is 9.84 Å². The first-order valence-corrected chi connectivity index (χ1v) is 15.6. The van der Waals surface area contributed by atoms with Crippen LogP contribution in [0.1, 0.15) is 116 Å². The fourth-order valence-electron chi connectivity index (χ4n) is 6.21. The minimum absolute atomic E-state index is 0.0610. The first-order valence-electron chi connectivity index (χ1n) is 15.6. The Bertz CT molecular complexity index is 944. The van der Waals surface area contributed by atoms with E-state index < -0.39 is 17.6 Å². The number of hydrogen-bond acceptors (Lipinski definition) is 2. The zero-order chi connectivity index (χ0) is 27.9. The Hall–Kier alpha value is -2.20. The van der Waals surface area contributed by atoms with E-state index in [0.29, 0.717) is 12.8 Å². The third-order valence-corrected chi connectivity index (χ3v) is 8.78. The fraction of sp³-hybridized carbons (Fsp3) is 0.629. The molecule has 0 aromatic heterocycles. The maximum atomic E-state index is 15.5. The van der Waals surface area contributed by atoms with Crippen molar-refractivity contribution >= 4 is 5.97 Å². The molecule has 1 aliphatic carbocycles. The quantitative estimate of drug-likeness (QED) is 0.192. The van der Waals surface area contributed by atoms with E-state index in [9.17, 15) is 9.90 Å². The number of rotatable bonds is 18. The summed E-state index contributed by atoms with van der Waals surface area (Å²) in [5.41, 5.74) is 1.71. The van der Waals surface area contributed by atoms with Crippen LogP contribution in [-0.2, 0) is 14.9 Å². The lowest BCUT2D eigenvalue weighted by Crippen LogP contribution is -2.44. The highest BCUT2D eigenvalue weighted by Crippen LogP contribution is 2.45. The summed E-state index contributed by atoms with van der Waals surface area (Å²) in [7, 11) is 0. The number of carbonyl (C=O) groups is 1. The number of halogens is 1. The van der Waals surface area contributed by atoms with Gasteiger partial charge in [-0.05, 0) is 67.6 Å². The van der Waals surface area contributed by atoms with Crippen LogP contribution in [0.25, 0.3) is 11.1 Å². The van der Waals surface area contributed by atoms with Crippen LogP contribution in [0, 0.1) is 5.92 Å². The third-order valence-electron chi connectivity index (χ3n) is 8.78. The molecular weight excluding hydrogens is 487 g/mol. The first kappa shape index (κ1) is 31.3. The Morgan fingerprint density at radius 3 is 2.21 bits per heavy atom. The number of aliphatic carboxylic acids is 1. The van der Waals surface area contributed by atoms with E-state index in [2.05, 4.69) is 13.8 Å². The number of ether oxygens (including phenoxy) is 1. The van der Waals surface area contributed by atoms with Crippen molar-refractivity contribution in [3.05, 3.63) is 60.2 Å². The average molecular weight is 539 g/mol. The van der Waals surface area contributed by atoms with Gasteiger partial charge in [-0.25, -0.2) is 4.39 Å². The molecule has 0 radical (unpaired) electrons. The highest BCUT2D eigenvalue weighted by atomic mass is 19.1. The van der Waals surface area contributed by atoms with Crippen LogP contribution < -0.4 is 0 Å². The highest BCUT2D eigenvalue weighted by Gasteiger charge is 2.47. The number of carboxylic acid groups (broad SMARTS) is 1. The molecule has 4 heteroatoms. The topological polar surface area (TPSA) is 46.5 Å². The van der Waals surface area contributed by atoms with Crippen LogP contribution in [0.5, 0.6) is 0 Å². The van der Waals surface area contributed by atoms with Crippen molar-refractivity contribution in [2.75, 3.05) is 6.61 Å². The summed E-state index contributed by atoms with van der Waals surface area (Å²) in [6, 6.07) is 17.8.